The van der Waals surface area contributed by atoms with Gasteiger partial charge in [0, 0.05) is 61.9 Å². The highest BCUT2D eigenvalue weighted by Gasteiger charge is 2.54. The lowest BCUT2D eigenvalue weighted by atomic mass is 9.56. The van der Waals surface area contributed by atoms with Gasteiger partial charge in [-0.1, -0.05) is 25.5 Å². The molecule has 0 radical (unpaired) electrons. The van der Waals surface area contributed by atoms with Crippen LogP contribution in [0.25, 0.3) is 0 Å². The molecule has 0 aliphatic carbocycles. The molecule has 4 nitrogen and oxygen atoms in total. The van der Waals surface area contributed by atoms with Crippen molar-refractivity contribution in [2.45, 2.75) is 124 Å². The Morgan fingerprint density at radius 1 is 0.889 bits per heavy atom. The van der Waals surface area contributed by atoms with Crippen molar-refractivity contribution in [3.63, 3.8) is 0 Å². The van der Waals surface area contributed by atoms with E-state index in [-0.39, 0.29) is 22.0 Å². The van der Waals surface area contributed by atoms with Crippen LogP contribution < -0.4 is 0 Å². The molecule has 4 saturated heterocycles. The van der Waals surface area contributed by atoms with Gasteiger partial charge in [0.05, 0.1) is 0 Å². The Balaban J connectivity index is 1.64. The van der Waals surface area contributed by atoms with E-state index >= 15 is 0 Å². The fourth-order valence-corrected chi connectivity index (χ4v) is 8.85. The van der Waals surface area contributed by atoms with Crippen molar-refractivity contribution in [2.75, 3.05) is 52.4 Å². The van der Waals surface area contributed by atoms with Gasteiger partial charge in [-0.25, -0.2) is 0 Å². The molecule has 4 bridgehead atoms. The van der Waals surface area contributed by atoms with E-state index in [2.05, 4.69) is 94.9 Å². The van der Waals surface area contributed by atoms with Crippen molar-refractivity contribution in [1.82, 2.24) is 19.6 Å². The largest absolute Gasteiger partial charge is 0.298 e. The number of rotatable bonds is 4. The third kappa shape index (κ3) is 5.36. The van der Waals surface area contributed by atoms with Gasteiger partial charge < -0.3 is 0 Å². The van der Waals surface area contributed by atoms with Gasteiger partial charge >= 0.3 is 0 Å². The summed E-state index contributed by atoms with van der Waals surface area (Å²) in [7, 11) is 0. The summed E-state index contributed by atoms with van der Waals surface area (Å²) in [6, 6.07) is 0.663. The van der Waals surface area contributed by atoms with E-state index in [1.165, 1.54) is 77.9 Å². The van der Waals surface area contributed by atoms with Crippen molar-refractivity contribution in [1.29, 1.82) is 0 Å². The second-order valence-corrected chi connectivity index (χ2v) is 15.2. The van der Waals surface area contributed by atoms with Crippen molar-refractivity contribution in [2.24, 2.45) is 17.3 Å². The van der Waals surface area contributed by atoms with Crippen LogP contribution in [0.1, 0.15) is 101 Å². The molecule has 0 saturated carbocycles. The van der Waals surface area contributed by atoms with Crippen molar-refractivity contribution in [3.05, 3.63) is 11.6 Å². The second-order valence-electron chi connectivity index (χ2n) is 15.2. The Bertz CT molecular complexity index is 780. The molecule has 0 aromatic heterocycles. The molecular weight excluding hydrogens is 440 g/mol. The normalized spacial score (nSPS) is 38.4. The molecule has 3 unspecified atom stereocenters. The third-order valence-electron chi connectivity index (χ3n) is 11.8. The van der Waals surface area contributed by atoms with Crippen molar-refractivity contribution in [3.8, 4) is 0 Å². The lowest BCUT2D eigenvalue weighted by Gasteiger charge is -2.60. The summed E-state index contributed by atoms with van der Waals surface area (Å²) in [6.45, 7) is 35.0. The average molecular weight is 501 g/mol. The monoisotopic (exact) mass is 500 g/mol. The standard InChI is InChI=1S/C32H60N4/c1-25(2)33-19-21-35(22-20-33)30(6,7)24-32(10)28-13-17-34(18-14-28)29(4,5)23-26(3)27-11-15-36(16-12-27)31(32,8)9/h11,25-26,28H,12-24H2,1-10H3. The van der Waals surface area contributed by atoms with Gasteiger partial charge in [0.2, 0.25) is 0 Å². The van der Waals surface area contributed by atoms with Gasteiger partial charge in [-0.2, -0.15) is 0 Å². The molecule has 3 atom stereocenters. The molecule has 7 rings (SSSR count). The van der Waals surface area contributed by atoms with E-state index in [0.29, 0.717) is 12.0 Å². The molecule has 0 aromatic carbocycles. The minimum atomic E-state index is 0.172. The van der Waals surface area contributed by atoms with Crippen LogP contribution in [0.2, 0.25) is 0 Å². The Morgan fingerprint density at radius 2 is 1.50 bits per heavy atom. The first-order valence-corrected chi connectivity index (χ1v) is 15.4. The minimum Gasteiger partial charge on any atom is -0.298 e. The van der Waals surface area contributed by atoms with Gasteiger partial charge in [-0.15, -0.1) is 0 Å². The van der Waals surface area contributed by atoms with Gasteiger partial charge in [-0.3, -0.25) is 19.6 Å². The average Bonchev–Trinajstić information content (AvgIpc) is 2.83. The maximum absolute atomic E-state index is 2.87. The van der Waals surface area contributed by atoms with Crippen LogP contribution in [0.4, 0.5) is 0 Å². The summed E-state index contributed by atoms with van der Waals surface area (Å²) in [4.78, 5) is 11.2. The predicted molar refractivity (Wildman–Crippen MR) is 156 cm³/mol. The van der Waals surface area contributed by atoms with E-state index in [1.54, 1.807) is 5.57 Å². The Hall–Kier alpha value is -0.420. The first kappa shape index (κ1) is 28.6. The zero-order valence-corrected chi connectivity index (χ0v) is 25.8. The number of hydrogen-bond donors (Lipinski definition) is 0. The summed E-state index contributed by atoms with van der Waals surface area (Å²) >= 11 is 0. The highest BCUT2D eigenvalue weighted by atomic mass is 15.3. The highest BCUT2D eigenvalue weighted by molar-refractivity contribution is 5.16. The Labute approximate surface area is 224 Å². The number of piperazine rings is 1. The van der Waals surface area contributed by atoms with E-state index in [9.17, 15) is 0 Å². The second kappa shape index (κ2) is 10.3. The fourth-order valence-electron chi connectivity index (χ4n) is 8.85. The molecule has 36 heavy (non-hydrogen) atoms. The molecule has 4 fully saturated rings. The molecular formula is C32H60N4. The zero-order chi connectivity index (χ0) is 26.5. The molecule has 7 aliphatic heterocycles. The summed E-state index contributed by atoms with van der Waals surface area (Å²) < 4.78 is 0. The molecule has 0 N–H and O–H groups in total. The number of piperidine rings is 1. The van der Waals surface area contributed by atoms with Crippen LogP contribution in [-0.2, 0) is 0 Å². The Morgan fingerprint density at radius 3 is 2.03 bits per heavy atom. The van der Waals surface area contributed by atoms with Crippen molar-refractivity contribution < 1.29 is 0 Å². The smallest absolute Gasteiger partial charge is 0.0213 e. The highest BCUT2D eigenvalue weighted by Crippen LogP contribution is 2.53. The first-order chi connectivity index (χ1) is 16.7. The van der Waals surface area contributed by atoms with Crippen LogP contribution >= 0.6 is 0 Å². The molecule has 0 aromatic rings. The minimum absolute atomic E-state index is 0.172. The number of nitrogens with zero attached hydrogens (tertiary/aromatic N) is 4. The zero-order valence-electron chi connectivity index (χ0n) is 25.8. The summed E-state index contributed by atoms with van der Waals surface area (Å²) in [5.41, 5.74) is 2.66. The summed E-state index contributed by atoms with van der Waals surface area (Å²) in [5.74, 6) is 1.47. The van der Waals surface area contributed by atoms with Crippen LogP contribution in [0.3, 0.4) is 0 Å². The van der Waals surface area contributed by atoms with Crippen LogP contribution in [-0.4, -0.2) is 94.6 Å². The van der Waals surface area contributed by atoms with E-state index in [4.69, 9.17) is 0 Å². The first-order valence-electron chi connectivity index (χ1n) is 15.4. The SMILES string of the molecule is CC1CC(C)(C)N2CCC(CC2)C(C)(CC(C)(C)N2CCN(C(C)C)CC2)C(C)(C)N2CC=C1CC2. The van der Waals surface area contributed by atoms with Crippen LogP contribution in [0.5, 0.6) is 0 Å². The van der Waals surface area contributed by atoms with Crippen LogP contribution in [0, 0.1) is 17.3 Å². The maximum Gasteiger partial charge on any atom is 0.0213 e. The molecule has 7 aliphatic rings. The van der Waals surface area contributed by atoms with Crippen LogP contribution in [0.15, 0.2) is 11.6 Å². The molecule has 4 heteroatoms. The molecule has 7 heterocycles. The topological polar surface area (TPSA) is 13.0 Å². The fraction of sp³-hybridized carbons (Fsp3) is 0.938. The van der Waals surface area contributed by atoms with Gasteiger partial charge in [0.15, 0.2) is 0 Å². The van der Waals surface area contributed by atoms with Crippen molar-refractivity contribution >= 4 is 0 Å². The predicted octanol–water partition coefficient (Wildman–Crippen LogP) is 6.13. The van der Waals surface area contributed by atoms with E-state index in [0.717, 1.165) is 12.5 Å². The third-order valence-corrected chi connectivity index (χ3v) is 11.8. The summed E-state index contributed by atoms with van der Waals surface area (Å²) in [5, 5.41) is 0. The van der Waals surface area contributed by atoms with Gasteiger partial charge in [-0.05, 0) is 118 Å². The van der Waals surface area contributed by atoms with E-state index < -0.39 is 0 Å². The lowest BCUT2D eigenvalue weighted by Crippen LogP contribution is -2.64. The number of hydrogen-bond acceptors (Lipinski definition) is 4. The maximum atomic E-state index is 2.87. The van der Waals surface area contributed by atoms with Gasteiger partial charge in [0.25, 0.3) is 0 Å². The lowest BCUT2D eigenvalue weighted by molar-refractivity contribution is -0.0950. The molecule has 0 spiro atoms. The quantitative estimate of drug-likeness (QED) is 0.431. The molecule has 208 valence electrons. The Kier molecular flexibility index (Phi) is 8.16. The summed E-state index contributed by atoms with van der Waals surface area (Å²) in [6.07, 6.45) is 9.15. The van der Waals surface area contributed by atoms with Gasteiger partial charge in [0.1, 0.15) is 0 Å². The molecule has 0 amide bonds. The van der Waals surface area contributed by atoms with E-state index in [1.807, 2.05) is 0 Å².